The van der Waals surface area contributed by atoms with Crippen molar-refractivity contribution in [2.75, 3.05) is 4.90 Å². The van der Waals surface area contributed by atoms with Gasteiger partial charge in [0.1, 0.15) is 11.5 Å². The fourth-order valence-corrected chi connectivity index (χ4v) is 13.3. The van der Waals surface area contributed by atoms with Crippen molar-refractivity contribution >= 4 is 52.2 Å². The maximum atomic E-state index is 6.74. The first-order chi connectivity index (χ1) is 30.8. The first kappa shape index (κ1) is 36.2. The van der Waals surface area contributed by atoms with Crippen molar-refractivity contribution in [1.82, 2.24) is 0 Å². The number of ether oxygens (including phenoxy) is 1. The molecule has 0 fully saturated rings. The van der Waals surface area contributed by atoms with Crippen LogP contribution in [-0.2, 0) is 5.41 Å². The van der Waals surface area contributed by atoms with Crippen LogP contribution in [0.2, 0.25) is 0 Å². The van der Waals surface area contributed by atoms with Gasteiger partial charge in [0.2, 0.25) is 0 Å². The molecule has 2 heterocycles. The van der Waals surface area contributed by atoms with Crippen molar-refractivity contribution in [3.05, 3.63) is 265 Å². The van der Waals surface area contributed by atoms with Crippen LogP contribution in [0.3, 0.4) is 0 Å². The van der Waals surface area contributed by atoms with Crippen molar-refractivity contribution in [3.63, 3.8) is 0 Å². The summed E-state index contributed by atoms with van der Waals surface area (Å²) in [6.45, 7) is 0. The number of nitrogens with zero attached hydrogens (tertiary/aromatic N) is 1. The van der Waals surface area contributed by atoms with Gasteiger partial charge in [-0.25, -0.2) is 0 Å². The van der Waals surface area contributed by atoms with E-state index in [4.69, 9.17) is 4.74 Å². The molecule has 291 valence electrons. The number of anilines is 3. The third kappa shape index (κ3) is 5.63. The molecule has 0 N–H and O–H groups in total. The summed E-state index contributed by atoms with van der Waals surface area (Å²) in [6.07, 6.45) is 0. The highest BCUT2D eigenvalue weighted by atomic mass is 28.3. The maximum Gasteiger partial charge on any atom is 0.155 e. The molecule has 3 heteroatoms. The molecular formula is C59H40NOSi. The monoisotopic (exact) mass is 806 g/mol. The van der Waals surface area contributed by atoms with E-state index in [2.05, 4.69) is 248 Å². The van der Waals surface area contributed by atoms with Crippen molar-refractivity contribution < 1.29 is 4.74 Å². The Bertz CT molecular complexity index is 3240. The first-order valence-corrected chi connectivity index (χ1v) is 22.8. The Morgan fingerprint density at radius 3 is 1.69 bits per heavy atom. The van der Waals surface area contributed by atoms with Crippen LogP contribution < -0.4 is 25.2 Å². The molecule has 0 aromatic heterocycles. The Morgan fingerprint density at radius 1 is 0.371 bits per heavy atom. The Hall–Kier alpha value is -7.72. The quantitative estimate of drug-likeness (QED) is 0.155. The summed E-state index contributed by atoms with van der Waals surface area (Å²) in [5, 5.41) is 6.63. The summed E-state index contributed by atoms with van der Waals surface area (Å²) >= 11 is 0. The molecule has 0 aliphatic carbocycles. The van der Waals surface area contributed by atoms with Crippen LogP contribution in [0.5, 0.6) is 11.5 Å². The van der Waals surface area contributed by atoms with Crippen LogP contribution in [0.25, 0.3) is 33.0 Å². The molecule has 2 aliphatic rings. The maximum absolute atomic E-state index is 6.74. The topological polar surface area (TPSA) is 12.5 Å². The minimum Gasteiger partial charge on any atom is -0.457 e. The van der Waals surface area contributed by atoms with Gasteiger partial charge in [-0.2, -0.15) is 0 Å². The second-order valence-corrected chi connectivity index (χ2v) is 18.6. The van der Waals surface area contributed by atoms with E-state index in [1.165, 1.54) is 70.8 Å². The Labute approximate surface area is 364 Å². The fourth-order valence-electron chi connectivity index (χ4n) is 10.2. The van der Waals surface area contributed by atoms with Crippen LogP contribution >= 0.6 is 0 Å². The van der Waals surface area contributed by atoms with E-state index in [-0.39, 0.29) is 0 Å². The van der Waals surface area contributed by atoms with Gasteiger partial charge in [0.25, 0.3) is 0 Å². The zero-order valence-electron chi connectivity index (χ0n) is 33.9. The third-order valence-electron chi connectivity index (χ3n) is 12.9. The lowest BCUT2D eigenvalue weighted by Gasteiger charge is -2.47. The zero-order chi connectivity index (χ0) is 41.0. The summed E-state index contributed by atoms with van der Waals surface area (Å²) in [5.41, 5.74) is 12.5. The third-order valence-corrected chi connectivity index (χ3v) is 15.7. The van der Waals surface area contributed by atoms with E-state index >= 15 is 0 Å². The molecule has 0 amide bonds. The van der Waals surface area contributed by atoms with Crippen molar-refractivity contribution in [2.45, 2.75) is 5.41 Å². The second kappa shape index (κ2) is 14.8. The number of rotatable bonds is 6. The van der Waals surface area contributed by atoms with Crippen LogP contribution in [0, 0.1) is 0 Å². The van der Waals surface area contributed by atoms with Gasteiger partial charge in [0.15, 0.2) is 8.80 Å². The largest absolute Gasteiger partial charge is 0.457 e. The van der Waals surface area contributed by atoms with E-state index in [9.17, 15) is 0 Å². The minimum atomic E-state index is -1.53. The minimum absolute atomic E-state index is 0.592. The van der Waals surface area contributed by atoms with E-state index in [1.807, 2.05) is 0 Å². The molecule has 12 rings (SSSR count). The molecule has 2 aliphatic heterocycles. The lowest BCUT2D eigenvalue weighted by Crippen LogP contribution is -2.62. The van der Waals surface area contributed by atoms with Crippen molar-refractivity contribution in [1.29, 1.82) is 0 Å². The molecule has 0 atom stereocenters. The summed E-state index contributed by atoms with van der Waals surface area (Å²) in [4.78, 5) is 2.47. The Balaban J connectivity index is 1.13. The predicted octanol–water partition coefficient (Wildman–Crippen LogP) is 13.0. The number of benzene rings is 10. The molecule has 0 unspecified atom stereocenters. The van der Waals surface area contributed by atoms with Crippen LogP contribution in [0.1, 0.15) is 22.3 Å². The molecule has 2 nitrogen and oxygen atoms in total. The lowest BCUT2D eigenvalue weighted by molar-refractivity contribution is 0.435. The number of para-hydroxylation sites is 3. The zero-order valence-corrected chi connectivity index (χ0v) is 34.9. The molecule has 62 heavy (non-hydrogen) atoms. The number of hydrogen-bond acceptors (Lipinski definition) is 2. The Kier molecular flexibility index (Phi) is 8.61. The number of hydrogen-bond donors (Lipinski definition) is 0. The van der Waals surface area contributed by atoms with Gasteiger partial charge in [0.05, 0.1) is 11.1 Å². The van der Waals surface area contributed by atoms with Gasteiger partial charge in [-0.15, -0.1) is 0 Å². The first-order valence-electron chi connectivity index (χ1n) is 21.3. The molecule has 0 bridgehead atoms. The smallest absolute Gasteiger partial charge is 0.155 e. The highest BCUT2D eigenvalue weighted by Gasteiger charge is 2.51. The molecule has 10 aromatic rings. The van der Waals surface area contributed by atoms with Crippen molar-refractivity contribution in [3.8, 4) is 33.8 Å². The number of fused-ring (bicyclic) bond motifs is 9. The molecule has 10 aromatic carbocycles. The van der Waals surface area contributed by atoms with Crippen molar-refractivity contribution in [2.24, 2.45) is 0 Å². The molecule has 0 saturated heterocycles. The molecule has 1 radical (unpaired) electrons. The summed E-state index contributed by atoms with van der Waals surface area (Å²) in [7, 11) is -1.53. The normalized spacial score (nSPS) is 13.4. The summed E-state index contributed by atoms with van der Waals surface area (Å²) < 4.78 is 6.74. The molecule has 0 saturated carbocycles. The Morgan fingerprint density at radius 2 is 0.919 bits per heavy atom. The molecule has 1 spiro atoms. The van der Waals surface area contributed by atoms with Gasteiger partial charge in [-0.3, -0.25) is 0 Å². The van der Waals surface area contributed by atoms with Gasteiger partial charge in [-0.1, -0.05) is 205 Å². The molecular weight excluding hydrogens is 767 g/mol. The van der Waals surface area contributed by atoms with Crippen LogP contribution in [0.4, 0.5) is 17.1 Å². The van der Waals surface area contributed by atoms with Gasteiger partial charge in [0, 0.05) is 28.1 Å². The average molecular weight is 807 g/mol. The van der Waals surface area contributed by atoms with E-state index in [0.717, 1.165) is 28.6 Å². The summed E-state index contributed by atoms with van der Waals surface area (Å²) in [6, 6.07) is 89.1. The highest BCUT2D eigenvalue weighted by Crippen LogP contribution is 2.56. The van der Waals surface area contributed by atoms with Crippen LogP contribution in [0.15, 0.2) is 243 Å². The van der Waals surface area contributed by atoms with E-state index in [1.54, 1.807) is 0 Å². The van der Waals surface area contributed by atoms with Crippen LogP contribution in [-0.4, -0.2) is 8.80 Å². The van der Waals surface area contributed by atoms with E-state index in [0.29, 0.717) is 0 Å². The lowest BCUT2D eigenvalue weighted by atomic mass is 9.63. The van der Waals surface area contributed by atoms with Gasteiger partial charge in [-0.05, 0) is 91.4 Å². The SMILES string of the molecule is c1ccc(-c2ccccc2N(c2ccc(-c3cccc4ccccc34)cc2)c2ccc3c(c2)[Si](c2ccccc2)c2ccccc2C32c3ccccc3Oc3ccccc32)cc1. The second-order valence-electron chi connectivity index (χ2n) is 16.2. The van der Waals surface area contributed by atoms with Gasteiger partial charge < -0.3 is 9.64 Å². The standard InChI is InChI=1S/C59H40NOSi/c1-3-18-42(19-4-1)49-25-9-13-30-54(49)60(44-36-34-43(35-37-44)48-26-17-21-41-20-7-8-24-47(41)48)45-38-39-53-58(40-45)62(46-22-5-2-6-23-46)57-33-16-12-29-52(57)59(53)50-27-10-14-31-55(50)61-56-32-15-11-28-51(56)59/h1-40H. The summed E-state index contributed by atoms with van der Waals surface area (Å²) in [5.74, 6) is 1.80. The fraction of sp³-hybridized carbons (Fsp3) is 0.0169. The highest BCUT2D eigenvalue weighted by molar-refractivity contribution is 6.96. The van der Waals surface area contributed by atoms with E-state index < -0.39 is 14.2 Å². The average Bonchev–Trinajstić information content (AvgIpc) is 3.35. The van der Waals surface area contributed by atoms with Gasteiger partial charge >= 0.3 is 0 Å². The predicted molar refractivity (Wildman–Crippen MR) is 259 cm³/mol.